The molecule has 0 bridgehead atoms. The number of nitrogens with zero attached hydrogens (tertiary/aromatic N) is 1. The van der Waals surface area contributed by atoms with Gasteiger partial charge in [0.15, 0.2) is 17.3 Å². The number of rotatable bonds is 7. The molecule has 9 heteroatoms. The molecule has 6 nitrogen and oxygen atoms in total. The quantitative estimate of drug-likeness (QED) is 0.241. The van der Waals surface area contributed by atoms with Gasteiger partial charge in [-0.25, -0.2) is 5.43 Å². The maximum absolute atomic E-state index is 11.8. The zero-order chi connectivity index (χ0) is 20.8. The number of hydrogen-bond donors (Lipinski definition) is 1. The van der Waals surface area contributed by atoms with Crippen LogP contribution in [0.4, 0.5) is 0 Å². The number of furan rings is 1. The van der Waals surface area contributed by atoms with E-state index in [-0.39, 0.29) is 12.4 Å². The Hall–Kier alpha value is -2.23. The van der Waals surface area contributed by atoms with Gasteiger partial charge in [0.05, 0.1) is 23.2 Å². The topological polar surface area (TPSA) is 73.1 Å². The van der Waals surface area contributed by atoms with Crippen molar-refractivity contribution < 1.29 is 18.7 Å². The number of benzene rings is 2. The molecule has 150 valence electrons. The second kappa shape index (κ2) is 10.00. The molecule has 1 aromatic heterocycles. The van der Waals surface area contributed by atoms with Crippen LogP contribution in [0.5, 0.6) is 11.5 Å². The number of nitrogens with one attached hydrogen (secondary N) is 1. The molecule has 0 atom stereocenters. The first-order valence-electron chi connectivity index (χ1n) is 8.29. The summed E-state index contributed by atoms with van der Waals surface area (Å²) in [5.41, 5.74) is 3.93. The first-order valence-corrected chi connectivity index (χ1v) is 10.1. The maximum Gasteiger partial charge on any atom is 0.307 e. The lowest BCUT2D eigenvalue weighted by Gasteiger charge is -2.14. The van der Waals surface area contributed by atoms with Gasteiger partial charge in [0.1, 0.15) is 6.61 Å². The number of amides is 1. The summed E-state index contributed by atoms with van der Waals surface area (Å²) in [5.74, 6) is 0.850. The van der Waals surface area contributed by atoms with Crippen molar-refractivity contribution in [1.29, 1.82) is 0 Å². The maximum atomic E-state index is 11.8. The third-order valence-corrected chi connectivity index (χ3v) is 5.15. The highest BCUT2D eigenvalue weighted by Gasteiger charge is 2.13. The summed E-state index contributed by atoms with van der Waals surface area (Å²) in [7, 11) is 1.55. The molecule has 0 saturated heterocycles. The van der Waals surface area contributed by atoms with Gasteiger partial charge in [0.2, 0.25) is 0 Å². The van der Waals surface area contributed by atoms with Crippen molar-refractivity contribution in [2.45, 2.75) is 6.61 Å². The van der Waals surface area contributed by atoms with Crippen molar-refractivity contribution in [1.82, 2.24) is 5.43 Å². The molecule has 3 aromatic rings. The van der Waals surface area contributed by atoms with E-state index in [4.69, 9.17) is 37.1 Å². The Kier molecular flexibility index (Phi) is 7.40. The molecule has 0 spiro atoms. The van der Waals surface area contributed by atoms with Crippen LogP contribution in [-0.4, -0.2) is 19.2 Å². The minimum absolute atomic E-state index is 0.180. The van der Waals surface area contributed by atoms with E-state index in [9.17, 15) is 4.79 Å². The van der Waals surface area contributed by atoms with Crippen molar-refractivity contribution in [3.05, 3.63) is 79.2 Å². The molecule has 0 fully saturated rings. The zero-order valence-corrected chi connectivity index (χ0v) is 18.8. The summed E-state index contributed by atoms with van der Waals surface area (Å²) in [5, 5.41) is 5.04. The van der Waals surface area contributed by atoms with Gasteiger partial charge in [-0.2, -0.15) is 5.10 Å². The molecule has 1 N–H and O–H groups in total. The SMILES string of the molecule is COc1cc(/C=N/NC(=O)c2ccco2)cc(I)c1OCc1ccc(Cl)cc1Cl. The van der Waals surface area contributed by atoms with E-state index in [1.807, 2.05) is 12.1 Å². The van der Waals surface area contributed by atoms with Gasteiger partial charge in [-0.15, -0.1) is 0 Å². The molecule has 0 aliphatic carbocycles. The molecule has 3 rings (SSSR count). The van der Waals surface area contributed by atoms with E-state index in [1.54, 1.807) is 37.4 Å². The second-order valence-corrected chi connectivity index (χ2v) is 7.74. The molecule has 0 aliphatic heterocycles. The van der Waals surface area contributed by atoms with Crippen LogP contribution in [-0.2, 0) is 6.61 Å². The van der Waals surface area contributed by atoms with Crippen molar-refractivity contribution in [3.63, 3.8) is 0 Å². The van der Waals surface area contributed by atoms with E-state index in [0.717, 1.165) is 14.7 Å². The van der Waals surface area contributed by atoms with Gasteiger partial charge in [0, 0.05) is 15.6 Å². The fraction of sp³-hybridized carbons (Fsp3) is 0.100. The average molecular weight is 545 g/mol. The minimum Gasteiger partial charge on any atom is -0.493 e. The highest BCUT2D eigenvalue weighted by molar-refractivity contribution is 14.1. The standard InChI is InChI=1S/C20H15Cl2IN2O4/c1-27-18-8-12(10-24-25-20(26)17-3-2-6-28-17)7-16(23)19(18)29-11-13-4-5-14(21)9-15(13)22/h2-10H,11H2,1H3,(H,25,26)/b24-10+. The first-order chi connectivity index (χ1) is 14.0. The number of carbonyl (C=O) groups excluding carboxylic acids is 1. The van der Waals surface area contributed by atoms with Gasteiger partial charge < -0.3 is 13.9 Å². The Balaban J connectivity index is 1.71. The van der Waals surface area contributed by atoms with E-state index in [0.29, 0.717) is 21.5 Å². The molecule has 29 heavy (non-hydrogen) atoms. The Bertz CT molecular complexity index is 1040. The third kappa shape index (κ3) is 5.65. The number of ether oxygens (including phenoxy) is 2. The van der Waals surface area contributed by atoms with Crippen LogP contribution in [0.2, 0.25) is 10.0 Å². The molecule has 0 unspecified atom stereocenters. The summed E-state index contributed by atoms with van der Waals surface area (Å²) in [6.07, 6.45) is 2.92. The van der Waals surface area contributed by atoms with Gasteiger partial charge in [-0.1, -0.05) is 29.3 Å². The highest BCUT2D eigenvalue weighted by atomic mass is 127. The Labute approximate surface area is 190 Å². The van der Waals surface area contributed by atoms with E-state index in [2.05, 4.69) is 33.1 Å². The molecular weight excluding hydrogens is 530 g/mol. The molecule has 0 aliphatic rings. The van der Waals surface area contributed by atoms with E-state index < -0.39 is 5.91 Å². The third-order valence-electron chi connectivity index (χ3n) is 3.76. The molecule has 2 aromatic carbocycles. The van der Waals surface area contributed by atoms with Gasteiger partial charge >= 0.3 is 5.91 Å². The summed E-state index contributed by atoms with van der Waals surface area (Å²) in [4.78, 5) is 11.8. The molecular formula is C20H15Cl2IN2O4. The first kappa shape index (κ1) is 21.5. The fourth-order valence-electron chi connectivity index (χ4n) is 2.37. The van der Waals surface area contributed by atoms with Crippen molar-refractivity contribution in [2.75, 3.05) is 7.11 Å². The Morgan fingerprint density at radius 3 is 2.79 bits per heavy atom. The lowest BCUT2D eigenvalue weighted by Crippen LogP contribution is -2.16. The normalized spacial score (nSPS) is 10.9. The fourth-order valence-corrected chi connectivity index (χ4v) is 3.62. The number of halogens is 3. The van der Waals surface area contributed by atoms with E-state index >= 15 is 0 Å². The predicted molar refractivity (Wildman–Crippen MR) is 120 cm³/mol. The molecule has 1 amide bonds. The van der Waals surface area contributed by atoms with Crippen molar-refractivity contribution in [2.24, 2.45) is 5.10 Å². The number of hydrazone groups is 1. The monoisotopic (exact) mass is 544 g/mol. The average Bonchev–Trinajstić information content (AvgIpc) is 3.23. The van der Waals surface area contributed by atoms with Gasteiger partial charge in [0.25, 0.3) is 0 Å². The number of hydrogen-bond acceptors (Lipinski definition) is 5. The number of methoxy groups -OCH3 is 1. The molecule has 1 heterocycles. The minimum atomic E-state index is -0.437. The zero-order valence-electron chi connectivity index (χ0n) is 15.1. The molecule has 0 saturated carbocycles. The largest absolute Gasteiger partial charge is 0.493 e. The predicted octanol–water partition coefficient (Wildman–Crippen LogP) is 5.54. The summed E-state index contributed by atoms with van der Waals surface area (Å²) in [6, 6.07) is 12.0. The number of carbonyl (C=O) groups is 1. The summed E-state index contributed by atoms with van der Waals surface area (Å²) < 4.78 is 17.2. The van der Waals surface area contributed by atoms with Crippen LogP contribution >= 0.6 is 45.8 Å². The second-order valence-electron chi connectivity index (χ2n) is 5.73. The van der Waals surface area contributed by atoms with Crippen LogP contribution in [0.3, 0.4) is 0 Å². The summed E-state index contributed by atoms with van der Waals surface area (Å²) >= 11 is 14.3. The molecule has 0 radical (unpaired) electrons. The van der Waals surface area contributed by atoms with Crippen LogP contribution in [0.1, 0.15) is 21.7 Å². The lowest BCUT2D eigenvalue weighted by molar-refractivity contribution is 0.0927. The van der Waals surface area contributed by atoms with Gasteiger partial charge in [-0.05, 0) is 64.6 Å². The Morgan fingerprint density at radius 2 is 2.10 bits per heavy atom. The highest BCUT2D eigenvalue weighted by Crippen LogP contribution is 2.34. The van der Waals surface area contributed by atoms with Crippen LogP contribution in [0, 0.1) is 3.57 Å². The van der Waals surface area contributed by atoms with Crippen LogP contribution < -0.4 is 14.9 Å². The van der Waals surface area contributed by atoms with Crippen LogP contribution in [0.15, 0.2) is 58.2 Å². The van der Waals surface area contributed by atoms with E-state index in [1.165, 1.54) is 12.5 Å². The smallest absolute Gasteiger partial charge is 0.307 e. The van der Waals surface area contributed by atoms with Crippen LogP contribution in [0.25, 0.3) is 0 Å². The summed E-state index contributed by atoms with van der Waals surface area (Å²) in [6.45, 7) is 0.259. The van der Waals surface area contributed by atoms with Crippen molar-refractivity contribution in [3.8, 4) is 11.5 Å². The Morgan fingerprint density at radius 1 is 1.28 bits per heavy atom. The van der Waals surface area contributed by atoms with Gasteiger partial charge in [-0.3, -0.25) is 4.79 Å². The van der Waals surface area contributed by atoms with Crippen molar-refractivity contribution >= 4 is 57.9 Å². The lowest BCUT2D eigenvalue weighted by atomic mass is 10.2.